The van der Waals surface area contributed by atoms with Crippen LogP contribution in [-0.2, 0) is 0 Å². The van der Waals surface area contributed by atoms with E-state index in [1.54, 1.807) is 11.8 Å². The summed E-state index contributed by atoms with van der Waals surface area (Å²) in [5.74, 6) is -0.0464. The van der Waals surface area contributed by atoms with E-state index in [2.05, 4.69) is 0 Å². The maximum Gasteiger partial charge on any atom is 0.129 e. The summed E-state index contributed by atoms with van der Waals surface area (Å²) in [7, 11) is 0. The summed E-state index contributed by atoms with van der Waals surface area (Å²) in [6.07, 6.45) is 2.15. The molecule has 1 aliphatic rings. The van der Waals surface area contributed by atoms with Crippen molar-refractivity contribution >= 4 is 11.8 Å². The maximum atomic E-state index is 13.4. The summed E-state index contributed by atoms with van der Waals surface area (Å²) in [6, 6.07) is 3.23. The molecular formula is C12H14F2OS. The normalized spacial score (nSPS) is 23.1. The minimum absolute atomic E-state index is 0.00921. The molecule has 1 N–H and O–H groups in total. The van der Waals surface area contributed by atoms with Gasteiger partial charge in [-0.2, -0.15) is 11.8 Å². The highest BCUT2D eigenvalue weighted by molar-refractivity contribution is 7.99. The molecule has 4 heteroatoms. The van der Waals surface area contributed by atoms with Crippen LogP contribution in [-0.4, -0.2) is 16.1 Å². The number of rotatable bonds is 2. The van der Waals surface area contributed by atoms with Gasteiger partial charge in [-0.3, -0.25) is 0 Å². The van der Waals surface area contributed by atoms with Gasteiger partial charge in [-0.25, -0.2) is 8.78 Å². The minimum Gasteiger partial charge on any atom is -0.387 e. The van der Waals surface area contributed by atoms with E-state index < -0.39 is 17.7 Å². The average Bonchev–Trinajstić information content (AvgIpc) is 2.32. The molecule has 0 bridgehead atoms. The van der Waals surface area contributed by atoms with Crippen LogP contribution in [0.25, 0.3) is 0 Å². The lowest BCUT2D eigenvalue weighted by atomic mass is 10.0. The van der Waals surface area contributed by atoms with E-state index in [-0.39, 0.29) is 10.8 Å². The van der Waals surface area contributed by atoms with Crippen LogP contribution >= 0.6 is 11.8 Å². The molecule has 0 radical (unpaired) electrons. The van der Waals surface area contributed by atoms with Gasteiger partial charge in [0.15, 0.2) is 0 Å². The third kappa shape index (κ3) is 2.55. The third-order valence-corrected chi connectivity index (χ3v) is 4.29. The second-order valence-corrected chi connectivity index (χ2v) is 5.36. The summed E-state index contributed by atoms with van der Waals surface area (Å²) < 4.78 is 26.4. The number of benzene rings is 1. The first-order valence-electron chi connectivity index (χ1n) is 5.43. The molecule has 0 amide bonds. The summed E-state index contributed by atoms with van der Waals surface area (Å²) >= 11 is 1.64. The number of thioether (sulfide) groups is 1. The first-order chi connectivity index (χ1) is 7.68. The highest BCUT2D eigenvalue weighted by Gasteiger charge is 2.26. The Morgan fingerprint density at radius 1 is 1.31 bits per heavy atom. The number of aliphatic hydroxyl groups is 1. The van der Waals surface area contributed by atoms with Crippen molar-refractivity contribution in [2.24, 2.45) is 0 Å². The summed E-state index contributed by atoms with van der Waals surface area (Å²) in [4.78, 5) is 0. The minimum atomic E-state index is -0.902. The highest BCUT2D eigenvalue weighted by atomic mass is 32.2. The van der Waals surface area contributed by atoms with Crippen LogP contribution in [0, 0.1) is 11.6 Å². The fraction of sp³-hybridized carbons (Fsp3) is 0.500. The van der Waals surface area contributed by atoms with Crippen LogP contribution in [0.15, 0.2) is 18.2 Å². The van der Waals surface area contributed by atoms with E-state index in [4.69, 9.17) is 0 Å². The predicted octanol–water partition coefficient (Wildman–Crippen LogP) is 3.28. The number of aliphatic hydroxyl groups excluding tert-OH is 1. The van der Waals surface area contributed by atoms with Gasteiger partial charge in [0, 0.05) is 10.8 Å². The number of hydrogen-bond donors (Lipinski definition) is 1. The molecule has 0 spiro atoms. The van der Waals surface area contributed by atoms with E-state index >= 15 is 0 Å². The smallest absolute Gasteiger partial charge is 0.129 e. The summed E-state index contributed by atoms with van der Waals surface area (Å²) in [5.41, 5.74) is 0.0828. The molecule has 1 nitrogen and oxygen atoms in total. The van der Waals surface area contributed by atoms with Crippen LogP contribution in [0.2, 0.25) is 0 Å². The molecule has 2 rings (SSSR count). The average molecular weight is 244 g/mol. The van der Waals surface area contributed by atoms with Gasteiger partial charge in [0.25, 0.3) is 0 Å². The fourth-order valence-electron chi connectivity index (χ4n) is 1.96. The molecule has 1 fully saturated rings. The molecule has 0 aliphatic carbocycles. The van der Waals surface area contributed by atoms with Gasteiger partial charge in [-0.1, -0.05) is 6.42 Å². The largest absolute Gasteiger partial charge is 0.387 e. The van der Waals surface area contributed by atoms with Crippen LogP contribution in [0.4, 0.5) is 8.78 Å². The Labute approximate surface area is 97.9 Å². The van der Waals surface area contributed by atoms with Gasteiger partial charge in [-0.05, 0) is 36.8 Å². The Hall–Kier alpha value is -0.610. The van der Waals surface area contributed by atoms with E-state index in [1.165, 1.54) is 0 Å². The first kappa shape index (κ1) is 11.9. The molecule has 1 heterocycles. The Bertz CT molecular complexity index is 364. The van der Waals surface area contributed by atoms with Crippen LogP contribution in [0.3, 0.4) is 0 Å². The second kappa shape index (κ2) is 5.15. The zero-order valence-electron chi connectivity index (χ0n) is 8.83. The maximum absolute atomic E-state index is 13.4. The van der Waals surface area contributed by atoms with Crippen molar-refractivity contribution in [3.63, 3.8) is 0 Å². The molecule has 0 aromatic heterocycles. The van der Waals surface area contributed by atoms with E-state index in [1.807, 2.05) is 0 Å². The molecule has 16 heavy (non-hydrogen) atoms. The zero-order chi connectivity index (χ0) is 11.5. The SMILES string of the molecule is OC(c1cc(F)ccc1F)C1CCCCS1. The Morgan fingerprint density at radius 3 is 2.81 bits per heavy atom. The molecule has 88 valence electrons. The Kier molecular flexibility index (Phi) is 3.82. The van der Waals surface area contributed by atoms with Crippen LogP contribution < -0.4 is 0 Å². The van der Waals surface area contributed by atoms with E-state index in [9.17, 15) is 13.9 Å². The van der Waals surface area contributed by atoms with Gasteiger partial charge in [0.2, 0.25) is 0 Å². The molecule has 1 saturated heterocycles. The third-order valence-electron chi connectivity index (χ3n) is 2.84. The van der Waals surface area contributed by atoms with Crippen molar-refractivity contribution in [2.45, 2.75) is 30.6 Å². The lowest BCUT2D eigenvalue weighted by Gasteiger charge is -2.26. The Balaban J connectivity index is 2.18. The predicted molar refractivity (Wildman–Crippen MR) is 61.4 cm³/mol. The van der Waals surface area contributed by atoms with Gasteiger partial charge >= 0.3 is 0 Å². The summed E-state index contributed by atoms with van der Waals surface area (Å²) in [5, 5.41) is 10.0. The lowest BCUT2D eigenvalue weighted by molar-refractivity contribution is 0.163. The van der Waals surface area contributed by atoms with Crippen molar-refractivity contribution in [3.05, 3.63) is 35.4 Å². The van der Waals surface area contributed by atoms with Crippen molar-refractivity contribution in [3.8, 4) is 0 Å². The monoisotopic (exact) mass is 244 g/mol. The molecule has 2 unspecified atom stereocenters. The van der Waals surface area contributed by atoms with Crippen LogP contribution in [0.1, 0.15) is 30.9 Å². The lowest BCUT2D eigenvalue weighted by Crippen LogP contribution is -2.20. The molecule has 2 atom stereocenters. The standard InChI is InChI=1S/C12H14F2OS/c13-8-4-5-10(14)9(7-8)12(15)11-3-1-2-6-16-11/h4-5,7,11-12,15H,1-3,6H2. The van der Waals surface area contributed by atoms with Crippen molar-refractivity contribution < 1.29 is 13.9 Å². The second-order valence-electron chi connectivity index (χ2n) is 4.02. The number of hydrogen-bond acceptors (Lipinski definition) is 2. The van der Waals surface area contributed by atoms with Crippen LogP contribution in [0.5, 0.6) is 0 Å². The molecular weight excluding hydrogens is 230 g/mol. The van der Waals surface area contributed by atoms with Gasteiger partial charge in [0.1, 0.15) is 11.6 Å². The topological polar surface area (TPSA) is 20.2 Å². The first-order valence-corrected chi connectivity index (χ1v) is 6.48. The highest BCUT2D eigenvalue weighted by Crippen LogP contribution is 2.35. The molecule has 1 aromatic rings. The van der Waals surface area contributed by atoms with Crippen molar-refractivity contribution in [2.75, 3.05) is 5.75 Å². The number of halogens is 2. The molecule has 1 aliphatic heterocycles. The van der Waals surface area contributed by atoms with E-state index in [0.29, 0.717) is 0 Å². The van der Waals surface area contributed by atoms with E-state index in [0.717, 1.165) is 43.2 Å². The van der Waals surface area contributed by atoms with Crippen molar-refractivity contribution in [1.29, 1.82) is 0 Å². The zero-order valence-corrected chi connectivity index (χ0v) is 9.64. The quantitative estimate of drug-likeness (QED) is 0.861. The fourth-order valence-corrected chi connectivity index (χ4v) is 3.29. The van der Waals surface area contributed by atoms with Crippen molar-refractivity contribution in [1.82, 2.24) is 0 Å². The Morgan fingerprint density at radius 2 is 2.12 bits per heavy atom. The van der Waals surface area contributed by atoms with Gasteiger partial charge in [-0.15, -0.1) is 0 Å². The molecule has 0 saturated carbocycles. The summed E-state index contributed by atoms with van der Waals surface area (Å²) in [6.45, 7) is 0. The van der Waals surface area contributed by atoms with Gasteiger partial charge in [0.05, 0.1) is 6.10 Å². The van der Waals surface area contributed by atoms with Gasteiger partial charge < -0.3 is 5.11 Å². The molecule has 1 aromatic carbocycles.